The molecule has 29 heteroatoms. The first kappa shape index (κ1) is 79.4. The lowest BCUT2D eigenvalue weighted by Gasteiger charge is -2.44. The number of benzene rings is 4. The van der Waals surface area contributed by atoms with Crippen LogP contribution in [0.25, 0.3) is 67.1 Å². The summed E-state index contributed by atoms with van der Waals surface area (Å²) in [5.41, 5.74) is 16.8. The topological polar surface area (TPSA) is 231 Å². The molecule has 8 atom stereocenters. The van der Waals surface area contributed by atoms with E-state index in [4.69, 9.17) is 38.9 Å². The summed E-state index contributed by atoms with van der Waals surface area (Å²) in [7, 11) is 4.28. The monoisotopic (exact) mass is 1650 g/mol. The van der Waals surface area contributed by atoms with Crippen LogP contribution in [0, 0.1) is 27.7 Å². The van der Waals surface area contributed by atoms with Crippen molar-refractivity contribution >= 4 is 51.8 Å². The van der Waals surface area contributed by atoms with Crippen LogP contribution in [0.15, 0.2) is 147 Å². The van der Waals surface area contributed by atoms with Gasteiger partial charge in [-0.3, -0.25) is 39.1 Å². The number of carbonyl (C=O) groups excluding carboxylic acids is 1. The van der Waals surface area contributed by atoms with Crippen molar-refractivity contribution in [1.82, 2.24) is 97.6 Å². The molecule has 122 heavy (non-hydrogen) atoms. The fourth-order valence-corrected chi connectivity index (χ4v) is 20.3. The number of aryl methyl sites for hydroxylation is 4. The van der Waals surface area contributed by atoms with Gasteiger partial charge in [-0.2, -0.15) is 20.4 Å². The zero-order chi connectivity index (χ0) is 82.6. The molecule has 11 aliphatic rings. The van der Waals surface area contributed by atoms with Gasteiger partial charge in [0.05, 0.1) is 42.9 Å². The molecule has 23 rings (SSSR count). The zero-order valence-corrected chi connectivity index (χ0v) is 71.5. The van der Waals surface area contributed by atoms with Gasteiger partial charge in [0.25, 0.3) is 0 Å². The normalized spacial score (nSPS) is 23.9. The third-order valence-electron chi connectivity index (χ3n) is 27.5. The van der Waals surface area contributed by atoms with Crippen LogP contribution in [0.5, 0.6) is 23.0 Å². The Hall–Kier alpha value is -11.1. The number of hydrogen-bond acceptors (Lipinski definition) is 24. The van der Waals surface area contributed by atoms with Gasteiger partial charge < -0.3 is 44.3 Å². The number of ether oxygens (including phenoxy) is 4. The van der Waals surface area contributed by atoms with Crippen molar-refractivity contribution in [2.24, 2.45) is 0 Å². The average molecular weight is 1650 g/mol. The molecule has 4 aromatic carbocycles. The van der Waals surface area contributed by atoms with Crippen molar-refractivity contribution in [2.75, 3.05) is 192 Å². The number of aromatic nitrogens is 12. The van der Waals surface area contributed by atoms with Gasteiger partial charge in [0.1, 0.15) is 72.2 Å². The molecule has 0 spiro atoms. The van der Waals surface area contributed by atoms with Crippen LogP contribution in [0.4, 0.5) is 23.3 Å². The fourth-order valence-electron chi connectivity index (χ4n) is 20.3. The van der Waals surface area contributed by atoms with E-state index in [1.807, 2.05) is 86.2 Å². The summed E-state index contributed by atoms with van der Waals surface area (Å²) in [4.78, 5) is 56.3. The highest BCUT2D eigenvalue weighted by atomic mass is 16.5. The lowest BCUT2D eigenvalue weighted by Crippen LogP contribution is -2.59. The molecule has 0 saturated carbocycles. The van der Waals surface area contributed by atoms with E-state index in [-0.39, 0.29) is 18.1 Å². The Bertz CT molecular complexity index is 5790. The quantitative estimate of drug-likeness (QED) is 0.144. The number of fused-ring (bicyclic) bond motifs is 24. The number of anilines is 4. The molecule has 636 valence electrons. The van der Waals surface area contributed by atoms with Crippen LogP contribution in [-0.4, -0.2) is 317 Å². The molecule has 0 radical (unpaired) electrons. The van der Waals surface area contributed by atoms with E-state index in [2.05, 4.69) is 196 Å². The zero-order valence-electron chi connectivity index (χ0n) is 71.5. The third-order valence-corrected chi connectivity index (χ3v) is 27.5. The van der Waals surface area contributed by atoms with Crippen LogP contribution < -0.4 is 39.4 Å². The first-order valence-corrected chi connectivity index (χ1v) is 44.3. The van der Waals surface area contributed by atoms with Gasteiger partial charge in [0.2, 0.25) is 5.91 Å². The number of likely N-dealkylation sites (N-methyl/N-ethyl adjacent to an activating group) is 2. The predicted molar refractivity (Wildman–Crippen MR) is 476 cm³/mol. The standard InChI is InChI=1S/2C24H30N6O.C23H28N6O.C22H26N6O2/c1-17-5-6-20-12-21(17)22-13-25-30-9-7-23(26-24(22)30)27(2)10-11-29-14-18-4-3-8-28(18)15-19(29)16-31-20;1-17-5-6-19-12-21(17)22-13-25-30-9-7-23(26-24(22)30)27(2)10-11-28-14-18-4-3-8-29(18)16-20(15-28)31-19;1-16-4-5-19-11-20(16)21-12-25-29-9-6-22(26-23(21)29)24-7-10-28-13-17-3-2-8-27(17)14-18(28)15-30-19;1-15-3-4-18-11-19(15)20-12-24-28-7-5-21(25-22(20)28)23-6-8-26-9-10-27(16(2)29)13-17(26)14-30-18/h5-7,9,12-13,18-19H,3-4,8,10-11,14-16H2,1-2H3;5-7,9,12-13,18,20H,3-4,8,10-11,14-16H2,1-2H3;4-6,9,11-12,17-18H,2-3,7-8,10,13-15H2,1H3,(H,24,26);3-5,7,11-12,17H,6,8-10,13-14H2,1-2H3,(H,23,25)/t18-,19+;18-,20+;17-,18-;17-/m1010/s1. The molecule has 7 saturated heterocycles. The molecule has 18 bridgehead atoms. The van der Waals surface area contributed by atoms with E-state index in [0.29, 0.717) is 43.4 Å². The third kappa shape index (κ3) is 16.6. The van der Waals surface area contributed by atoms with Gasteiger partial charge in [-0.05, 0) is 203 Å². The van der Waals surface area contributed by atoms with Crippen LogP contribution in [0.1, 0.15) is 67.7 Å². The van der Waals surface area contributed by atoms with E-state index in [9.17, 15) is 4.79 Å². The summed E-state index contributed by atoms with van der Waals surface area (Å²) >= 11 is 0. The van der Waals surface area contributed by atoms with Crippen molar-refractivity contribution in [2.45, 2.75) is 115 Å². The van der Waals surface area contributed by atoms with Crippen molar-refractivity contribution < 1.29 is 23.7 Å². The van der Waals surface area contributed by atoms with Crippen molar-refractivity contribution in [3.63, 3.8) is 0 Å². The van der Waals surface area contributed by atoms with Gasteiger partial charge in [0, 0.05) is 204 Å². The number of nitrogens with zero attached hydrogens (tertiary/aromatic N) is 22. The maximum absolute atomic E-state index is 11.9. The summed E-state index contributed by atoms with van der Waals surface area (Å²) in [6, 6.07) is 36.5. The molecule has 2 N–H and O–H groups in total. The highest BCUT2D eigenvalue weighted by molar-refractivity contribution is 5.84. The molecule has 1 unspecified atom stereocenters. The van der Waals surface area contributed by atoms with Crippen molar-refractivity contribution in [1.29, 1.82) is 0 Å². The second-order valence-electron chi connectivity index (χ2n) is 35.4. The van der Waals surface area contributed by atoms with E-state index >= 15 is 0 Å². The number of rotatable bonds is 0. The van der Waals surface area contributed by atoms with Gasteiger partial charge in [0.15, 0.2) is 22.6 Å². The molecule has 29 nitrogen and oxygen atoms in total. The maximum atomic E-state index is 11.9. The van der Waals surface area contributed by atoms with E-state index in [1.165, 1.54) is 74.8 Å². The minimum atomic E-state index is 0.121. The first-order valence-electron chi connectivity index (χ1n) is 44.3. The molecule has 0 aliphatic carbocycles. The van der Waals surface area contributed by atoms with E-state index < -0.39 is 0 Å². The van der Waals surface area contributed by atoms with Gasteiger partial charge in [-0.15, -0.1) is 0 Å². The second-order valence-corrected chi connectivity index (χ2v) is 35.4. The molecular weight excluding hydrogens is 1530 g/mol. The summed E-state index contributed by atoms with van der Waals surface area (Å²) in [6.45, 7) is 33.1. The summed E-state index contributed by atoms with van der Waals surface area (Å²) < 4.78 is 33.0. The summed E-state index contributed by atoms with van der Waals surface area (Å²) in [5, 5.41) is 25.1. The summed E-state index contributed by atoms with van der Waals surface area (Å²) in [5.74, 6) is 7.45. The highest BCUT2D eigenvalue weighted by Gasteiger charge is 2.40. The van der Waals surface area contributed by atoms with Crippen LogP contribution >= 0.6 is 0 Å². The minimum Gasteiger partial charge on any atom is -0.492 e. The number of nitrogens with one attached hydrogen (secondary N) is 2. The van der Waals surface area contributed by atoms with E-state index in [0.717, 1.165) is 243 Å². The Morgan fingerprint density at radius 2 is 0.738 bits per heavy atom. The van der Waals surface area contributed by atoms with Crippen LogP contribution in [-0.2, 0) is 4.79 Å². The molecule has 1 amide bonds. The predicted octanol–water partition coefficient (Wildman–Crippen LogP) is 10.1. The molecule has 19 heterocycles. The Balaban J connectivity index is 0.000000103. The molecule has 11 aliphatic heterocycles. The SMILES string of the molecule is CC(=O)N1CCN2CCNc3ccn4ncc(c4n3)-c3cc(ccc3C)OC[C@@H]2C1.Cc1ccc2cc1-c1cnn3ccc(nc13)N(C)CCN1C[C@H](CN3CCC[C@H]3C1)O2.Cc1ccc2cc1-c1cnn3ccc(nc13)N(C)CCN1C[C@H]3CCCN3C[C@H]1CO2.Cc1ccc2cc1-c1cnn3ccc(nc13)NCCN1C[C@H]3CCCN3C[C@@H]1CO2. The number of amides is 1. The van der Waals surface area contributed by atoms with Gasteiger partial charge >= 0.3 is 0 Å². The lowest BCUT2D eigenvalue weighted by molar-refractivity contribution is -0.132. The first-order chi connectivity index (χ1) is 59.6. The fraction of sp³-hybridized carbons (Fsp3) is 0.473. The Kier molecular flexibility index (Phi) is 22.4. The van der Waals surface area contributed by atoms with Crippen LogP contribution in [0.3, 0.4) is 0 Å². The van der Waals surface area contributed by atoms with E-state index in [1.54, 1.807) is 11.4 Å². The second kappa shape index (κ2) is 34.3. The average Bonchev–Trinajstić information content (AvgIpc) is 1.63. The van der Waals surface area contributed by atoms with Gasteiger partial charge in [-0.25, -0.2) is 38.0 Å². The Morgan fingerprint density at radius 1 is 0.361 bits per heavy atom. The van der Waals surface area contributed by atoms with Crippen LogP contribution in [0.2, 0.25) is 0 Å². The molecule has 8 aromatic heterocycles. The number of piperazine rings is 3. The number of hydrogen-bond donors (Lipinski definition) is 2. The molecular formula is C93H114N24O5. The minimum absolute atomic E-state index is 0.121. The molecule has 7 fully saturated rings. The Labute approximate surface area is 713 Å². The van der Waals surface area contributed by atoms with Crippen molar-refractivity contribution in [3.8, 4) is 67.5 Å². The highest BCUT2D eigenvalue weighted by Crippen LogP contribution is 2.39. The molecule has 12 aromatic rings. The van der Waals surface area contributed by atoms with Crippen molar-refractivity contribution in [3.05, 3.63) is 169 Å². The lowest BCUT2D eigenvalue weighted by atomic mass is 10.0. The van der Waals surface area contributed by atoms with Gasteiger partial charge in [-0.1, -0.05) is 24.3 Å². The smallest absolute Gasteiger partial charge is 0.219 e. The largest absolute Gasteiger partial charge is 0.492 e. The number of carbonyl (C=O) groups is 1. The maximum Gasteiger partial charge on any atom is 0.219 e. The summed E-state index contributed by atoms with van der Waals surface area (Å²) in [6.07, 6.45) is 23.6. The Morgan fingerprint density at radius 3 is 1.21 bits per heavy atom.